The third-order valence-corrected chi connectivity index (χ3v) is 7.43. The van der Waals surface area contributed by atoms with E-state index in [9.17, 15) is 18.7 Å². The van der Waals surface area contributed by atoms with E-state index in [2.05, 4.69) is 22.3 Å². The van der Waals surface area contributed by atoms with Crippen LogP contribution in [0, 0.1) is 0 Å². The molecule has 2 heterocycles. The predicted octanol–water partition coefficient (Wildman–Crippen LogP) is 6.23. The Balaban J connectivity index is 1.31. The lowest BCUT2D eigenvalue weighted by Gasteiger charge is -2.24. The number of aliphatic hydroxyl groups excluding tert-OH is 1. The van der Waals surface area contributed by atoms with Gasteiger partial charge in [-0.25, -0.2) is 0 Å². The number of carbonyl (C=O) groups excluding carboxylic acids is 1. The van der Waals surface area contributed by atoms with Gasteiger partial charge in [0, 0.05) is 24.9 Å². The number of alkyl halides is 2. The summed E-state index contributed by atoms with van der Waals surface area (Å²) in [7, 11) is 0. The number of aryl methyl sites for hydroxylation is 2. The van der Waals surface area contributed by atoms with E-state index in [0.29, 0.717) is 19.4 Å². The van der Waals surface area contributed by atoms with Crippen molar-refractivity contribution in [3.63, 3.8) is 0 Å². The van der Waals surface area contributed by atoms with Gasteiger partial charge in [-0.05, 0) is 30.9 Å². The Morgan fingerprint density at radius 3 is 2.41 bits per heavy atom. The monoisotopic (exact) mass is 545 g/mol. The molecule has 0 unspecified atom stereocenters. The number of halogens is 2. The van der Waals surface area contributed by atoms with Crippen molar-refractivity contribution < 1.29 is 18.7 Å². The van der Waals surface area contributed by atoms with Crippen molar-refractivity contribution in [2.45, 2.75) is 121 Å². The minimum atomic E-state index is -3.39. The number of carbonyl (C=O) groups is 1. The summed E-state index contributed by atoms with van der Waals surface area (Å²) in [5.74, 6) is -2.57. The number of benzene rings is 1. The summed E-state index contributed by atoms with van der Waals surface area (Å²) < 4.78 is 29.1. The number of rotatable bonds is 19. The Bertz CT molecular complexity index is 998. The normalized spacial score (nSPS) is 17.0. The van der Waals surface area contributed by atoms with E-state index in [1.807, 2.05) is 0 Å². The van der Waals surface area contributed by atoms with Crippen molar-refractivity contribution in [3.05, 3.63) is 53.9 Å². The van der Waals surface area contributed by atoms with Crippen LogP contribution in [-0.4, -0.2) is 54.8 Å². The summed E-state index contributed by atoms with van der Waals surface area (Å²) in [6.07, 6.45) is 15.1. The summed E-state index contributed by atoms with van der Waals surface area (Å²) in [5.41, 5.74) is -0.229. The highest BCUT2D eigenvalue weighted by atomic mass is 19.3. The molecule has 1 amide bonds. The van der Waals surface area contributed by atoms with Gasteiger partial charge in [0.15, 0.2) is 5.82 Å². The molecule has 1 N–H and O–H groups in total. The maximum absolute atomic E-state index is 14.6. The highest BCUT2D eigenvalue weighted by Gasteiger charge is 2.39. The van der Waals surface area contributed by atoms with Crippen molar-refractivity contribution in [2.75, 3.05) is 6.54 Å². The van der Waals surface area contributed by atoms with Gasteiger partial charge in [0.05, 0.1) is 12.6 Å². The molecule has 7 nitrogen and oxygen atoms in total. The van der Waals surface area contributed by atoms with Crippen molar-refractivity contribution >= 4 is 5.91 Å². The molecule has 1 fully saturated rings. The molecule has 1 aromatic carbocycles. The van der Waals surface area contributed by atoms with Crippen molar-refractivity contribution in [1.29, 1.82) is 0 Å². The van der Waals surface area contributed by atoms with Crippen LogP contribution in [0.2, 0.25) is 0 Å². The van der Waals surface area contributed by atoms with Gasteiger partial charge < -0.3 is 10.0 Å². The lowest BCUT2D eigenvalue weighted by atomic mass is 10.0. The molecule has 1 saturated heterocycles. The maximum Gasteiger partial charge on any atom is 0.302 e. The standard InChI is InChI=1S/C30H45F2N5O2/c1-2-3-4-5-6-8-15-24-37-34-28(33-35-37)18-13-7-9-14-23-36-26(20-22-29(36)39)19-21-27(38)30(31,32)25-16-11-10-12-17-25/h10-12,16-17,19,21,26-27,38H,2-9,13-15,18,20,22-24H2,1H3/b21-19+/t26-,27+/m0/s1. The van der Waals surface area contributed by atoms with E-state index in [-0.39, 0.29) is 17.5 Å². The summed E-state index contributed by atoms with van der Waals surface area (Å²) in [6, 6.07) is 7.05. The second-order valence-electron chi connectivity index (χ2n) is 10.6. The van der Waals surface area contributed by atoms with Crippen LogP contribution in [0.5, 0.6) is 0 Å². The number of amides is 1. The third kappa shape index (κ3) is 10.1. The molecule has 3 rings (SSSR count). The molecule has 0 aliphatic carbocycles. The van der Waals surface area contributed by atoms with Crippen molar-refractivity contribution in [1.82, 2.24) is 25.1 Å². The Morgan fingerprint density at radius 2 is 1.67 bits per heavy atom. The van der Waals surface area contributed by atoms with E-state index < -0.39 is 12.0 Å². The fourth-order valence-corrected chi connectivity index (χ4v) is 5.03. The van der Waals surface area contributed by atoms with Crippen LogP contribution < -0.4 is 0 Å². The zero-order valence-corrected chi connectivity index (χ0v) is 23.4. The quantitative estimate of drug-likeness (QED) is 0.167. The number of likely N-dealkylation sites (tertiary alicyclic amines) is 1. The molecule has 1 aliphatic rings. The second-order valence-corrected chi connectivity index (χ2v) is 10.6. The molecule has 0 saturated carbocycles. The number of unbranched alkanes of at least 4 members (excludes halogenated alkanes) is 9. The van der Waals surface area contributed by atoms with Crippen LogP contribution in [0.3, 0.4) is 0 Å². The molecule has 2 atom stereocenters. The number of aromatic nitrogens is 4. The van der Waals surface area contributed by atoms with Crippen molar-refractivity contribution in [2.24, 2.45) is 0 Å². The Morgan fingerprint density at radius 1 is 1.00 bits per heavy atom. The van der Waals surface area contributed by atoms with E-state index in [1.165, 1.54) is 62.8 Å². The van der Waals surface area contributed by atoms with Crippen LogP contribution in [0.25, 0.3) is 0 Å². The third-order valence-electron chi connectivity index (χ3n) is 7.43. The Hall–Kier alpha value is -2.68. The molecule has 216 valence electrons. The molecule has 0 radical (unpaired) electrons. The van der Waals surface area contributed by atoms with E-state index >= 15 is 0 Å². The SMILES string of the molecule is CCCCCCCCCn1nnc(CCCCCCN2C(=O)CC[C@@H]2/C=C/[C@@H](O)C(F)(F)c2ccccc2)n1. The first-order valence-electron chi connectivity index (χ1n) is 14.8. The molecular weight excluding hydrogens is 500 g/mol. The zero-order valence-electron chi connectivity index (χ0n) is 23.4. The van der Waals surface area contributed by atoms with Crippen LogP contribution >= 0.6 is 0 Å². The predicted molar refractivity (Wildman–Crippen MR) is 148 cm³/mol. The van der Waals surface area contributed by atoms with Crippen LogP contribution in [-0.2, 0) is 23.7 Å². The fourth-order valence-electron chi connectivity index (χ4n) is 5.03. The highest BCUT2D eigenvalue weighted by molar-refractivity contribution is 5.79. The lowest BCUT2D eigenvalue weighted by Crippen LogP contribution is -2.34. The molecule has 0 bridgehead atoms. The first kappa shape index (κ1) is 30.9. The molecule has 9 heteroatoms. The summed E-state index contributed by atoms with van der Waals surface area (Å²) >= 11 is 0. The Labute approximate surface area is 231 Å². The molecule has 1 aliphatic heterocycles. The largest absolute Gasteiger partial charge is 0.382 e. The highest BCUT2D eigenvalue weighted by Crippen LogP contribution is 2.32. The summed E-state index contributed by atoms with van der Waals surface area (Å²) in [5, 5.41) is 23.0. The van der Waals surface area contributed by atoms with Gasteiger partial charge >= 0.3 is 5.92 Å². The van der Waals surface area contributed by atoms with Crippen LogP contribution in [0.1, 0.15) is 102 Å². The Kier molecular flexibility index (Phi) is 13.0. The summed E-state index contributed by atoms with van der Waals surface area (Å²) in [4.78, 5) is 15.8. The number of hydrogen-bond donors (Lipinski definition) is 1. The van der Waals surface area contributed by atoms with E-state index in [1.54, 1.807) is 21.8 Å². The first-order valence-corrected chi connectivity index (χ1v) is 14.8. The first-order chi connectivity index (χ1) is 18.9. The van der Waals surface area contributed by atoms with Gasteiger partial charge in [-0.15, -0.1) is 10.2 Å². The van der Waals surface area contributed by atoms with Gasteiger partial charge in [0.2, 0.25) is 5.91 Å². The number of aliphatic hydroxyl groups is 1. The molecule has 39 heavy (non-hydrogen) atoms. The van der Waals surface area contributed by atoms with Gasteiger partial charge in [-0.1, -0.05) is 101 Å². The van der Waals surface area contributed by atoms with Crippen LogP contribution in [0.15, 0.2) is 42.5 Å². The fraction of sp³-hybridized carbons (Fsp3) is 0.667. The number of tetrazole rings is 1. The summed E-state index contributed by atoms with van der Waals surface area (Å²) in [6.45, 7) is 3.64. The molecule has 1 aromatic heterocycles. The minimum absolute atomic E-state index is 0.0377. The minimum Gasteiger partial charge on any atom is -0.382 e. The maximum atomic E-state index is 14.6. The second kappa shape index (κ2) is 16.4. The number of nitrogens with zero attached hydrogens (tertiary/aromatic N) is 5. The molecule has 0 spiro atoms. The molecule has 2 aromatic rings. The topological polar surface area (TPSA) is 84.1 Å². The average Bonchev–Trinajstić information content (AvgIpc) is 3.54. The van der Waals surface area contributed by atoms with E-state index in [0.717, 1.165) is 57.0 Å². The van der Waals surface area contributed by atoms with Crippen molar-refractivity contribution in [3.8, 4) is 0 Å². The van der Waals surface area contributed by atoms with Gasteiger partial charge in [-0.2, -0.15) is 13.6 Å². The van der Waals surface area contributed by atoms with Gasteiger partial charge in [0.1, 0.15) is 6.10 Å². The molecular formula is C30H45F2N5O2. The van der Waals surface area contributed by atoms with Crippen LogP contribution in [0.4, 0.5) is 8.78 Å². The average molecular weight is 546 g/mol. The van der Waals surface area contributed by atoms with Gasteiger partial charge in [0.25, 0.3) is 0 Å². The number of hydrogen-bond acceptors (Lipinski definition) is 5. The van der Waals surface area contributed by atoms with Gasteiger partial charge in [-0.3, -0.25) is 4.79 Å². The lowest BCUT2D eigenvalue weighted by molar-refractivity contribution is -0.128. The van der Waals surface area contributed by atoms with E-state index in [4.69, 9.17) is 0 Å². The zero-order chi connectivity index (χ0) is 27.9. The smallest absolute Gasteiger partial charge is 0.302 e.